The number of allylic oxidation sites excluding steroid dienone is 3. The molecule has 2 nitrogen and oxygen atoms in total. The van der Waals surface area contributed by atoms with Gasteiger partial charge < -0.3 is 0 Å². The largest absolute Gasteiger partial charge is 0.285 e. The number of pyridine rings is 1. The zero-order valence-electron chi connectivity index (χ0n) is 7.36. The Kier molecular flexibility index (Phi) is 1.76. The molecule has 1 aromatic heterocycles. The Morgan fingerprint density at radius 2 is 2.31 bits per heavy atom. The fourth-order valence-electron chi connectivity index (χ4n) is 1.30. The highest BCUT2D eigenvalue weighted by Gasteiger charge is 2.02. The molecular formula is C11H10NO+. The number of rotatable bonds is 0. The molecule has 0 aromatic carbocycles. The summed E-state index contributed by atoms with van der Waals surface area (Å²) in [6.07, 6.45) is 7.35. The van der Waals surface area contributed by atoms with Crippen LogP contribution in [0.3, 0.4) is 0 Å². The van der Waals surface area contributed by atoms with Crippen LogP contribution in [0.25, 0.3) is 11.8 Å². The van der Waals surface area contributed by atoms with Gasteiger partial charge in [-0.3, -0.25) is 5.21 Å². The summed E-state index contributed by atoms with van der Waals surface area (Å²) in [4.78, 5) is 0. The SMILES string of the molecule is CC1=CC=C=c2ccc[n+](O)c2=C1. The van der Waals surface area contributed by atoms with Crippen molar-refractivity contribution in [1.29, 1.82) is 0 Å². The lowest BCUT2D eigenvalue weighted by molar-refractivity contribution is -0.914. The van der Waals surface area contributed by atoms with Gasteiger partial charge in [0, 0.05) is 16.9 Å². The Labute approximate surface area is 76.0 Å². The average molecular weight is 172 g/mol. The van der Waals surface area contributed by atoms with Crippen LogP contribution in [-0.2, 0) is 0 Å². The number of nitrogens with zero attached hydrogens (tertiary/aromatic N) is 1. The van der Waals surface area contributed by atoms with Gasteiger partial charge in [0.05, 0.1) is 5.22 Å². The Hall–Kier alpha value is -1.79. The van der Waals surface area contributed by atoms with Crippen LogP contribution < -0.4 is 15.3 Å². The number of hydrogen-bond donors (Lipinski definition) is 1. The van der Waals surface area contributed by atoms with Gasteiger partial charge in [-0.05, 0) is 24.6 Å². The van der Waals surface area contributed by atoms with Crippen molar-refractivity contribution in [3.63, 3.8) is 0 Å². The summed E-state index contributed by atoms with van der Waals surface area (Å²) in [6.45, 7) is 1.99. The predicted octanol–water partition coefficient (Wildman–Crippen LogP) is -0.113. The molecule has 64 valence electrons. The monoisotopic (exact) mass is 172 g/mol. The van der Waals surface area contributed by atoms with Gasteiger partial charge in [-0.15, -0.1) is 5.73 Å². The van der Waals surface area contributed by atoms with E-state index in [1.54, 1.807) is 12.3 Å². The van der Waals surface area contributed by atoms with E-state index in [-0.39, 0.29) is 0 Å². The van der Waals surface area contributed by atoms with Crippen molar-refractivity contribution in [1.82, 2.24) is 0 Å². The molecule has 0 saturated heterocycles. The third-order valence-electron chi connectivity index (χ3n) is 1.96. The summed E-state index contributed by atoms with van der Waals surface area (Å²) in [6, 6.07) is 3.70. The topological polar surface area (TPSA) is 24.1 Å². The normalized spacial score (nSPS) is 13.5. The summed E-state index contributed by atoms with van der Waals surface area (Å²) in [5.74, 6) is 0. The maximum absolute atomic E-state index is 9.50. The van der Waals surface area contributed by atoms with Gasteiger partial charge in [0.15, 0.2) is 0 Å². The molecule has 1 aliphatic rings. The summed E-state index contributed by atoms with van der Waals surface area (Å²) >= 11 is 0. The molecule has 1 aliphatic carbocycles. The second-order valence-corrected chi connectivity index (χ2v) is 3.02. The van der Waals surface area contributed by atoms with Crippen LogP contribution in [0.4, 0.5) is 0 Å². The van der Waals surface area contributed by atoms with E-state index in [2.05, 4.69) is 5.73 Å². The Morgan fingerprint density at radius 1 is 1.46 bits per heavy atom. The second kappa shape index (κ2) is 2.92. The fourth-order valence-corrected chi connectivity index (χ4v) is 1.30. The highest BCUT2D eigenvalue weighted by Crippen LogP contribution is 1.93. The molecule has 1 N–H and O–H groups in total. The van der Waals surface area contributed by atoms with Gasteiger partial charge in [-0.1, -0.05) is 6.08 Å². The first-order valence-electron chi connectivity index (χ1n) is 4.13. The number of hydrogen-bond acceptors (Lipinski definition) is 1. The first kappa shape index (κ1) is 7.84. The minimum Gasteiger partial charge on any atom is -0.285 e. The summed E-state index contributed by atoms with van der Waals surface area (Å²) in [5.41, 5.74) is 4.18. The average Bonchev–Trinajstić information content (AvgIpc) is 2.28. The molecule has 2 rings (SSSR count). The number of aromatic nitrogens is 1. The number of fused-ring (bicyclic) bond motifs is 1. The molecule has 13 heavy (non-hydrogen) atoms. The minimum absolute atomic E-state index is 0.769. The highest BCUT2D eigenvalue weighted by molar-refractivity contribution is 5.48. The molecule has 0 amide bonds. The maximum atomic E-state index is 9.50. The fraction of sp³-hybridized carbons (Fsp3) is 0.0909. The van der Waals surface area contributed by atoms with Crippen molar-refractivity contribution < 1.29 is 9.94 Å². The van der Waals surface area contributed by atoms with E-state index in [9.17, 15) is 5.21 Å². The summed E-state index contributed by atoms with van der Waals surface area (Å²) in [7, 11) is 0. The molecule has 0 unspecified atom stereocenters. The Balaban J connectivity index is 2.97. The van der Waals surface area contributed by atoms with Gasteiger partial charge in [0.1, 0.15) is 0 Å². The van der Waals surface area contributed by atoms with Crippen LogP contribution in [0.1, 0.15) is 6.92 Å². The first-order valence-corrected chi connectivity index (χ1v) is 4.13. The lowest BCUT2D eigenvalue weighted by Gasteiger charge is -1.85. The molecule has 0 spiro atoms. The van der Waals surface area contributed by atoms with Gasteiger partial charge in [-0.2, -0.15) is 0 Å². The standard InChI is InChI=1S/C11H10NO/c1-9-4-2-5-10-6-3-7-12(13)11(10)8-9/h2-4,6-8,13H,1H3/q+1. The Bertz CT molecular complexity index is 520. The van der Waals surface area contributed by atoms with Gasteiger partial charge >= 0.3 is 0 Å². The Morgan fingerprint density at radius 3 is 3.15 bits per heavy atom. The van der Waals surface area contributed by atoms with Crippen LogP contribution in [-0.4, -0.2) is 5.21 Å². The predicted molar refractivity (Wildman–Crippen MR) is 49.3 cm³/mol. The molecule has 0 atom stereocenters. The molecule has 0 bridgehead atoms. The van der Waals surface area contributed by atoms with E-state index in [0.717, 1.165) is 20.9 Å². The van der Waals surface area contributed by atoms with Gasteiger partial charge in [0.25, 0.3) is 5.35 Å². The maximum Gasteiger partial charge on any atom is 0.272 e. The van der Waals surface area contributed by atoms with Crippen LogP contribution >= 0.6 is 0 Å². The van der Waals surface area contributed by atoms with E-state index in [0.29, 0.717) is 0 Å². The quantitative estimate of drug-likeness (QED) is 0.428. The molecule has 0 saturated carbocycles. The second-order valence-electron chi connectivity index (χ2n) is 3.02. The highest BCUT2D eigenvalue weighted by atomic mass is 16.5. The first-order chi connectivity index (χ1) is 6.27. The summed E-state index contributed by atoms with van der Waals surface area (Å²) in [5, 5.41) is 11.2. The lowest BCUT2D eigenvalue weighted by Crippen LogP contribution is -2.54. The van der Waals surface area contributed by atoms with E-state index >= 15 is 0 Å². The van der Waals surface area contributed by atoms with E-state index in [1.165, 1.54) is 0 Å². The minimum atomic E-state index is 0.769. The van der Waals surface area contributed by atoms with Crippen molar-refractivity contribution in [2.24, 2.45) is 0 Å². The zero-order chi connectivity index (χ0) is 9.26. The van der Waals surface area contributed by atoms with E-state index in [4.69, 9.17) is 0 Å². The van der Waals surface area contributed by atoms with E-state index < -0.39 is 0 Å². The van der Waals surface area contributed by atoms with Crippen LogP contribution in [0, 0.1) is 0 Å². The molecular weight excluding hydrogens is 162 g/mol. The van der Waals surface area contributed by atoms with Crippen molar-refractivity contribution in [3.8, 4) is 0 Å². The lowest BCUT2D eigenvalue weighted by atomic mass is 10.2. The third-order valence-corrected chi connectivity index (χ3v) is 1.96. The molecule has 0 fully saturated rings. The molecule has 1 aromatic rings. The van der Waals surface area contributed by atoms with Gasteiger partial charge in [0.2, 0.25) is 6.20 Å². The van der Waals surface area contributed by atoms with Crippen LogP contribution in [0.5, 0.6) is 0 Å². The molecule has 0 aliphatic heterocycles. The van der Waals surface area contributed by atoms with Gasteiger partial charge in [-0.25, -0.2) is 0 Å². The van der Waals surface area contributed by atoms with Crippen LogP contribution in [0.15, 0.2) is 36.1 Å². The zero-order valence-corrected chi connectivity index (χ0v) is 7.36. The third kappa shape index (κ3) is 1.40. The molecule has 0 radical (unpaired) electrons. The van der Waals surface area contributed by atoms with Crippen molar-refractivity contribution in [2.75, 3.05) is 0 Å². The summed E-state index contributed by atoms with van der Waals surface area (Å²) < 4.78 is 1.11. The van der Waals surface area contributed by atoms with Crippen LogP contribution in [0.2, 0.25) is 0 Å². The van der Waals surface area contributed by atoms with Crippen molar-refractivity contribution in [3.05, 3.63) is 46.6 Å². The van der Waals surface area contributed by atoms with E-state index in [1.807, 2.05) is 31.2 Å². The molecule has 2 heteroatoms. The van der Waals surface area contributed by atoms with Crippen molar-refractivity contribution in [2.45, 2.75) is 6.92 Å². The molecule has 1 heterocycles. The van der Waals surface area contributed by atoms with Crippen molar-refractivity contribution >= 4 is 11.8 Å². The smallest absolute Gasteiger partial charge is 0.272 e.